The predicted molar refractivity (Wildman–Crippen MR) is 74.5 cm³/mol. The highest BCUT2D eigenvalue weighted by Crippen LogP contribution is 2.21. The maximum Gasteiger partial charge on any atom is 0.130 e. The number of hydrogen-bond donors (Lipinski definition) is 1. The second kappa shape index (κ2) is 6.13. The molecule has 0 spiro atoms. The number of halogens is 2. The van der Waals surface area contributed by atoms with Gasteiger partial charge in [0.05, 0.1) is 5.69 Å². The van der Waals surface area contributed by atoms with Gasteiger partial charge >= 0.3 is 0 Å². The van der Waals surface area contributed by atoms with E-state index in [0.717, 1.165) is 11.8 Å². The summed E-state index contributed by atoms with van der Waals surface area (Å²) in [6, 6.07) is 5.64. The molecule has 0 saturated heterocycles. The molecule has 0 radical (unpaired) electrons. The highest BCUT2D eigenvalue weighted by molar-refractivity contribution is 5.23. The third-order valence-electron chi connectivity index (χ3n) is 3.29. The molecule has 0 aliphatic rings. The molecular weight excluding hydrogens is 260 g/mol. The van der Waals surface area contributed by atoms with Crippen molar-refractivity contribution in [3.8, 4) is 0 Å². The first-order valence-corrected chi connectivity index (χ1v) is 6.67. The van der Waals surface area contributed by atoms with Crippen molar-refractivity contribution in [1.29, 1.82) is 0 Å². The van der Waals surface area contributed by atoms with Gasteiger partial charge < -0.3 is 5.32 Å². The highest BCUT2D eigenvalue weighted by atomic mass is 19.1. The van der Waals surface area contributed by atoms with Crippen molar-refractivity contribution < 1.29 is 8.78 Å². The zero-order chi connectivity index (χ0) is 14.7. The normalized spacial score (nSPS) is 12.9. The van der Waals surface area contributed by atoms with Crippen LogP contribution < -0.4 is 5.32 Å². The molecule has 20 heavy (non-hydrogen) atoms. The van der Waals surface area contributed by atoms with E-state index >= 15 is 0 Å². The second-order valence-corrected chi connectivity index (χ2v) is 5.09. The Morgan fingerprint density at radius 1 is 1.25 bits per heavy atom. The van der Waals surface area contributed by atoms with Gasteiger partial charge in [0.25, 0.3) is 0 Å². The summed E-state index contributed by atoms with van der Waals surface area (Å²) >= 11 is 0. The first-order valence-electron chi connectivity index (χ1n) is 6.67. The van der Waals surface area contributed by atoms with Gasteiger partial charge in [0, 0.05) is 36.3 Å². The molecule has 0 fully saturated rings. The Balaban J connectivity index is 2.19. The van der Waals surface area contributed by atoms with Crippen LogP contribution in [-0.2, 0) is 6.42 Å². The molecule has 2 aromatic rings. The summed E-state index contributed by atoms with van der Waals surface area (Å²) in [4.78, 5) is 0. The molecule has 1 aromatic carbocycles. The third-order valence-corrected chi connectivity index (χ3v) is 3.29. The lowest BCUT2D eigenvalue weighted by Crippen LogP contribution is -2.20. The van der Waals surface area contributed by atoms with Gasteiger partial charge in [-0.15, -0.1) is 0 Å². The topological polar surface area (TPSA) is 29.9 Å². The molecule has 1 aromatic heterocycles. The Kier molecular flexibility index (Phi) is 4.49. The Bertz CT molecular complexity index is 578. The largest absolute Gasteiger partial charge is 0.313 e. The van der Waals surface area contributed by atoms with Gasteiger partial charge in [-0.1, -0.05) is 6.07 Å². The zero-order valence-electron chi connectivity index (χ0n) is 11.9. The van der Waals surface area contributed by atoms with Crippen LogP contribution in [0, 0.1) is 11.6 Å². The lowest BCUT2D eigenvalue weighted by Gasteiger charge is -2.16. The van der Waals surface area contributed by atoms with Crippen molar-refractivity contribution in [2.45, 2.75) is 32.4 Å². The average Bonchev–Trinajstić information content (AvgIpc) is 2.85. The van der Waals surface area contributed by atoms with E-state index in [9.17, 15) is 8.78 Å². The minimum atomic E-state index is -0.565. The summed E-state index contributed by atoms with van der Waals surface area (Å²) in [5.41, 5.74) is 1.33. The van der Waals surface area contributed by atoms with Crippen LogP contribution in [0.3, 0.4) is 0 Å². The van der Waals surface area contributed by atoms with Crippen molar-refractivity contribution in [3.63, 3.8) is 0 Å². The zero-order valence-corrected chi connectivity index (χ0v) is 11.9. The van der Waals surface area contributed by atoms with Gasteiger partial charge in [0.2, 0.25) is 0 Å². The van der Waals surface area contributed by atoms with Crippen LogP contribution in [0.5, 0.6) is 0 Å². The van der Waals surface area contributed by atoms with E-state index in [0.29, 0.717) is 18.0 Å². The van der Waals surface area contributed by atoms with Crippen LogP contribution in [-0.4, -0.2) is 16.8 Å². The van der Waals surface area contributed by atoms with Gasteiger partial charge in [-0.3, -0.25) is 4.68 Å². The van der Waals surface area contributed by atoms with E-state index in [1.165, 1.54) is 12.1 Å². The van der Waals surface area contributed by atoms with Crippen LogP contribution in [0.4, 0.5) is 8.78 Å². The molecule has 0 saturated carbocycles. The lowest BCUT2D eigenvalue weighted by molar-refractivity contribution is 0.500. The maximum atomic E-state index is 13.8. The Morgan fingerprint density at radius 2 is 2.00 bits per heavy atom. The highest BCUT2D eigenvalue weighted by Gasteiger charge is 2.16. The molecule has 0 amide bonds. The van der Waals surface area contributed by atoms with Gasteiger partial charge in [-0.25, -0.2) is 8.78 Å². The Hall–Kier alpha value is -1.75. The van der Waals surface area contributed by atoms with Crippen LogP contribution in [0.25, 0.3) is 0 Å². The molecule has 1 N–H and O–H groups in total. The molecule has 0 bridgehead atoms. The average molecular weight is 279 g/mol. The van der Waals surface area contributed by atoms with E-state index in [4.69, 9.17) is 0 Å². The Labute approximate surface area is 117 Å². The number of nitrogens with one attached hydrogen (secondary N) is 1. The summed E-state index contributed by atoms with van der Waals surface area (Å²) in [6.07, 6.45) is 2.46. The fourth-order valence-electron chi connectivity index (χ4n) is 2.13. The van der Waals surface area contributed by atoms with Crippen molar-refractivity contribution in [2.24, 2.45) is 0 Å². The molecule has 1 unspecified atom stereocenters. The van der Waals surface area contributed by atoms with Crippen LogP contribution >= 0.6 is 0 Å². The molecule has 2 rings (SSSR count). The van der Waals surface area contributed by atoms with Gasteiger partial charge in [-0.2, -0.15) is 5.10 Å². The van der Waals surface area contributed by atoms with Gasteiger partial charge in [0.1, 0.15) is 11.6 Å². The second-order valence-electron chi connectivity index (χ2n) is 5.09. The molecule has 0 aliphatic heterocycles. The molecule has 0 aliphatic carbocycles. The van der Waals surface area contributed by atoms with Crippen molar-refractivity contribution in [3.05, 3.63) is 53.4 Å². The summed E-state index contributed by atoms with van der Waals surface area (Å²) in [6.45, 7) is 4.10. The SMILES string of the molecule is CNC(Cc1ccn(C(C)C)n1)c1ccc(F)cc1F. The number of nitrogens with zero attached hydrogens (tertiary/aromatic N) is 2. The third kappa shape index (κ3) is 3.22. The number of hydrogen-bond acceptors (Lipinski definition) is 2. The molecule has 1 heterocycles. The quantitative estimate of drug-likeness (QED) is 0.910. The maximum absolute atomic E-state index is 13.8. The number of benzene rings is 1. The first-order chi connectivity index (χ1) is 9.51. The number of likely N-dealkylation sites (N-methyl/N-ethyl adjacent to an activating group) is 1. The summed E-state index contributed by atoms with van der Waals surface area (Å²) in [7, 11) is 1.76. The molecule has 1 atom stereocenters. The smallest absolute Gasteiger partial charge is 0.130 e. The summed E-state index contributed by atoms with van der Waals surface area (Å²) < 4.78 is 28.6. The van der Waals surface area contributed by atoms with Crippen LogP contribution in [0.15, 0.2) is 30.5 Å². The van der Waals surface area contributed by atoms with Crippen molar-refractivity contribution >= 4 is 0 Å². The molecule has 3 nitrogen and oxygen atoms in total. The number of rotatable bonds is 5. The Morgan fingerprint density at radius 3 is 2.55 bits per heavy atom. The van der Waals surface area contributed by atoms with Crippen LogP contribution in [0.1, 0.15) is 37.2 Å². The fourth-order valence-corrected chi connectivity index (χ4v) is 2.13. The molecule has 108 valence electrons. The minimum Gasteiger partial charge on any atom is -0.313 e. The van der Waals surface area contributed by atoms with E-state index in [1.807, 2.05) is 30.8 Å². The molecular formula is C15H19F2N3. The monoisotopic (exact) mass is 279 g/mol. The predicted octanol–water partition coefficient (Wildman–Crippen LogP) is 3.25. The van der Waals surface area contributed by atoms with E-state index in [-0.39, 0.29) is 6.04 Å². The summed E-state index contributed by atoms with van der Waals surface area (Å²) in [5, 5.41) is 7.50. The van der Waals surface area contributed by atoms with Crippen LogP contribution in [0.2, 0.25) is 0 Å². The first kappa shape index (κ1) is 14.7. The summed E-state index contributed by atoms with van der Waals surface area (Å²) in [5.74, 6) is -1.10. The fraction of sp³-hybridized carbons (Fsp3) is 0.400. The van der Waals surface area contributed by atoms with E-state index in [2.05, 4.69) is 10.4 Å². The van der Waals surface area contributed by atoms with Crippen molar-refractivity contribution in [2.75, 3.05) is 7.05 Å². The number of aromatic nitrogens is 2. The lowest BCUT2D eigenvalue weighted by atomic mass is 10.0. The minimum absolute atomic E-state index is 0.230. The standard InChI is InChI=1S/C15H19F2N3/c1-10(2)20-7-6-12(19-20)9-15(18-3)13-5-4-11(16)8-14(13)17/h4-8,10,15,18H,9H2,1-3H3. The van der Waals surface area contributed by atoms with E-state index in [1.54, 1.807) is 7.05 Å². The van der Waals surface area contributed by atoms with Gasteiger partial charge in [0.15, 0.2) is 0 Å². The van der Waals surface area contributed by atoms with Crippen molar-refractivity contribution in [1.82, 2.24) is 15.1 Å². The van der Waals surface area contributed by atoms with Gasteiger partial charge in [-0.05, 0) is 33.0 Å². The molecule has 5 heteroatoms. The van der Waals surface area contributed by atoms with E-state index < -0.39 is 11.6 Å².